The van der Waals surface area contributed by atoms with Gasteiger partial charge in [-0.15, -0.1) is 10.2 Å². The van der Waals surface area contributed by atoms with Gasteiger partial charge in [0, 0.05) is 30.1 Å². The SMILES string of the molecule is CCCCc1nnc(N2CC(S(=O)(=O)Cl)CC2=O)s1. The Morgan fingerprint density at radius 3 is 2.79 bits per heavy atom. The second-order valence-corrected chi connectivity index (χ2v) is 8.34. The molecule has 0 saturated carbocycles. The molecule has 0 N–H and O–H groups in total. The number of rotatable bonds is 5. The highest BCUT2D eigenvalue weighted by Crippen LogP contribution is 2.29. The minimum atomic E-state index is -3.72. The lowest BCUT2D eigenvalue weighted by Crippen LogP contribution is -2.26. The first-order valence-corrected chi connectivity index (χ1v) is 9.17. The first-order chi connectivity index (χ1) is 8.91. The Kier molecular flexibility index (Phi) is 4.42. The van der Waals surface area contributed by atoms with Gasteiger partial charge in [-0.1, -0.05) is 24.7 Å². The summed E-state index contributed by atoms with van der Waals surface area (Å²) in [5.74, 6) is -0.271. The lowest BCUT2D eigenvalue weighted by Gasteiger charge is -2.10. The molecule has 1 aromatic heterocycles. The van der Waals surface area contributed by atoms with Gasteiger partial charge in [0.15, 0.2) is 0 Å². The van der Waals surface area contributed by atoms with Crippen LogP contribution in [0.15, 0.2) is 0 Å². The number of aromatic nitrogens is 2. The van der Waals surface area contributed by atoms with Crippen LogP contribution in [0.4, 0.5) is 5.13 Å². The molecule has 0 aliphatic carbocycles. The second-order valence-electron chi connectivity index (χ2n) is 4.39. The lowest BCUT2D eigenvalue weighted by molar-refractivity contribution is -0.117. The fraction of sp³-hybridized carbons (Fsp3) is 0.700. The molecule has 1 saturated heterocycles. The molecule has 6 nitrogen and oxygen atoms in total. The van der Waals surface area contributed by atoms with Crippen molar-refractivity contribution < 1.29 is 13.2 Å². The van der Waals surface area contributed by atoms with Crippen LogP contribution in [0.5, 0.6) is 0 Å². The number of carbonyl (C=O) groups excluding carboxylic acids is 1. The van der Waals surface area contributed by atoms with E-state index in [0.29, 0.717) is 5.13 Å². The van der Waals surface area contributed by atoms with Gasteiger partial charge in [0.25, 0.3) is 0 Å². The van der Waals surface area contributed by atoms with Gasteiger partial charge in [-0.05, 0) is 6.42 Å². The number of unbranched alkanes of at least 4 members (excludes halogenated alkanes) is 1. The average Bonchev–Trinajstić information content (AvgIpc) is 2.91. The van der Waals surface area contributed by atoms with Crippen LogP contribution < -0.4 is 4.90 Å². The number of amides is 1. The van der Waals surface area contributed by atoms with Crippen LogP contribution in [-0.2, 0) is 20.3 Å². The molecule has 1 atom stereocenters. The molecule has 1 fully saturated rings. The maximum atomic E-state index is 11.8. The van der Waals surface area contributed by atoms with Crippen molar-refractivity contribution in [3.8, 4) is 0 Å². The zero-order valence-corrected chi connectivity index (χ0v) is 12.8. The third-order valence-electron chi connectivity index (χ3n) is 2.92. The van der Waals surface area contributed by atoms with E-state index in [1.807, 2.05) is 0 Å². The zero-order chi connectivity index (χ0) is 14.0. The number of hydrogen-bond acceptors (Lipinski definition) is 6. The Morgan fingerprint density at radius 1 is 1.47 bits per heavy atom. The first kappa shape index (κ1) is 14.7. The van der Waals surface area contributed by atoms with E-state index in [9.17, 15) is 13.2 Å². The molecule has 0 aromatic carbocycles. The quantitative estimate of drug-likeness (QED) is 0.768. The van der Waals surface area contributed by atoms with E-state index in [4.69, 9.17) is 10.7 Å². The molecule has 106 valence electrons. The summed E-state index contributed by atoms with van der Waals surface area (Å²) in [6.07, 6.45) is 2.81. The highest BCUT2D eigenvalue weighted by molar-refractivity contribution is 8.14. The molecule has 0 spiro atoms. The molecule has 9 heteroatoms. The minimum Gasteiger partial charge on any atom is -0.285 e. The van der Waals surface area contributed by atoms with Crippen LogP contribution in [0.25, 0.3) is 0 Å². The predicted molar refractivity (Wildman–Crippen MR) is 74.1 cm³/mol. The fourth-order valence-electron chi connectivity index (χ4n) is 1.83. The summed E-state index contributed by atoms with van der Waals surface area (Å²) in [5, 5.41) is 8.43. The largest absolute Gasteiger partial charge is 0.285 e. The molecule has 1 aliphatic heterocycles. The van der Waals surface area contributed by atoms with Crippen molar-refractivity contribution in [1.82, 2.24) is 10.2 Å². The summed E-state index contributed by atoms with van der Waals surface area (Å²) >= 11 is 1.33. The third kappa shape index (κ3) is 3.43. The van der Waals surface area contributed by atoms with Crippen molar-refractivity contribution in [2.24, 2.45) is 0 Å². The van der Waals surface area contributed by atoms with Crippen molar-refractivity contribution in [2.45, 2.75) is 37.9 Å². The molecule has 1 aliphatic rings. The van der Waals surface area contributed by atoms with Crippen molar-refractivity contribution >= 4 is 42.1 Å². The number of nitrogens with zero attached hydrogens (tertiary/aromatic N) is 3. The van der Waals surface area contributed by atoms with Crippen LogP contribution in [0.2, 0.25) is 0 Å². The van der Waals surface area contributed by atoms with Gasteiger partial charge in [-0.25, -0.2) is 8.42 Å². The van der Waals surface area contributed by atoms with Crippen LogP contribution in [0.1, 0.15) is 31.2 Å². The Balaban J connectivity index is 2.10. The number of halogens is 1. The Bertz CT molecular complexity index is 572. The lowest BCUT2D eigenvalue weighted by atomic mass is 10.3. The topological polar surface area (TPSA) is 80.2 Å². The van der Waals surface area contributed by atoms with E-state index in [1.54, 1.807) is 0 Å². The van der Waals surface area contributed by atoms with E-state index in [0.717, 1.165) is 24.3 Å². The fourth-order valence-corrected chi connectivity index (χ4v) is 3.76. The average molecular weight is 324 g/mol. The number of carbonyl (C=O) groups is 1. The monoisotopic (exact) mass is 323 g/mol. The summed E-state index contributed by atoms with van der Waals surface area (Å²) in [5.41, 5.74) is 0. The molecule has 1 amide bonds. The molecular formula is C10H14ClN3O3S2. The Labute approximate surface area is 120 Å². The highest BCUT2D eigenvalue weighted by atomic mass is 35.7. The molecule has 2 heterocycles. The molecule has 2 rings (SSSR count). The van der Waals surface area contributed by atoms with Crippen molar-refractivity contribution in [3.05, 3.63) is 5.01 Å². The van der Waals surface area contributed by atoms with Crippen molar-refractivity contribution in [3.63, 3.8) is 0 Å². The summed E-state index contributed by atoms with van der Waals surface area (Å²) in [6.45, 7) is 2.15. The number of aryl methyl sites for hydroxylation is 1. The smallest absolute Gasteiger partial charge is 0.237 e. The molecule has 19 heavy (non-hydrogen) atoms. The van der Waals surface area contributed by atoms with Crippen LogP contribution >= 0.6 is 22.0 Å². The highest BCUT2D eigenvalue weighted by Gasteiger charge is 2.39. The second kappa shape index (κ2) is 5.72. The summed E-state index contributed by atoms with van der Waals surface area (Å²) in [6, 6.07) is 0. The number of anilines is 1. The molecule has 0 radical (unpaired) electrons. The van der Waals surface area contributed by atoms with E-state index < -0.39 is 14.3 Å². The Hall–Kier alpha value is -0.730. The van der Waals surface area contributed by atoms with Crippen molar-refractivity contribution in [1.29, 1.82) is 0 Å². The van der Waals surface area contributed by atoms with E-state index in [-0.39, 0.29) is 18.9 Å². The standard InChI is InChI=1S/C10H14ClN3O3S2/c1-2-3-4-8-12-13-10(18-8)14-6-7(5-9(14)15)19(11,16)17/h7H,2-6H2,1H3. The van der Waals surface area contributed by atoms with E-state index >= 15 is 0 Å². The van der Waals surface area contributed by atoms with Gasteiger partial charge in [0.05, 0.1) is 0 Å². The van der Waals surface area contributed by atoms with Gasteiger partial charge in [0.2, 0.25) is 20.1 Å². The van der Waals surface area contributed by atoms with Crippen LogP contribution in [0.3, 0.4) is 0 Å². The van der Waals surface area contributed by atoms with Gasteiger partial charge in [-0.3, -0.25) is 9.69 Å². The molecule has 1 aromatic rings. The number of hydrogen-bond donors (Lipinski definition) is 0. The Morgan fingerprint density at radius 2 is 2.21 bits per heavy atom. The zero-order valence-electron chi connectivity index (χ0n) is 10.4. The first-order valence-electron chi connectivity index (χ1n) is 5.98. The van der Waals surface area contributed by atoms with E-state index in [2.05, 4.69) is 17.1 Å². The molecule has 0 bridgehead atoms. The van der Waals surface area contributed by atoms with Crippen LogP contribution in [0, 0.1) is 0 Å². The molecule has 1 unspecified atom stereocenters. The summed E-state index contributed by atoms with van der Waals surface area (Å²) in [7, 11) is 1.57. The minimum absolute atomic E-state index is 0.0626. The summed E-state index contributed by atoms with van der Waals surface area (Å²) in [4.78, 5) is 13.2. The van der Waals surface area contributed by atoms with Crippen molar-refractivity contribution in [2.75, 3.05) is 11.4 Å². The maximum absolute atomic E-state index is 11.8. The maximum Gasteiger partial charge on any atom is 0.237 e. The van der Waals surface area contributed by atoms with Crippen LogP contribution in [-0.4, -0.2) is 36.3 Å². The molecular weight excluding hydrogens is 310 g/mol. The normalized spacial score (nSPS) is 20.2. The van der Waals surface area contributed by atoms with Gasteiger partial charge in [0.1, 0.15) is 10.3 Å². The third-order valence-corrected chi connectivity index (χ3v) is 5.79. The van der Waals surface area contributed by atoms with Gasteiger partial charge >= 0.3 is 0 Å². The van der Waals surface area contributed by atoms with E-state index in [1.165, 1.54) is 16.2 Å². The van der Waals surface area contributed by atoms with Gasteiger partial charge in [-0.2, -0.15) is 0 Å². The predicted octanol–water partition coefficient (Wildman–Crippen LogP) is 1.55. The summed E-state index contributed by atoms with van der Waals surface area (Å²) < 4.78 is 22.5. The van der Waals surface area contributed by atoms with Gasteiger partial charge < -0.3 is 0 Å².